The molecular weight excluding hydrogens is 297 g/mol. The molecule has 1 aromatic carbocycles. The van der Waals surface area contributed by atoms with Crippen molar-refractivity contribution in [2.75, 3.05) is 0 Å². The van der Waals surface area contributed by atoms with Crippen molar-refractivity contribution in [3.05, 3.63) is 52.1 Å². The predicted molar refractivity (Wildman–Crippen MR) is 75.0 cm³/mol. The molecule has 3 rings (SSSR count). The van der Waals surface area contributed by atoms with Gasteiger partial charge in [-0.15, -0.1) is 0 Å². The molecule has 0 unspecified atom stereocenters. The highest BCUT2D eigenvalue weighted by Crippen LogP contribution is 2.35. The average Bonchev–Trinajstić information content (AvgIpc) is 2.85. The number of aromatic nitrogens is 3. The standard InChI is InChI=1S/C14H11F3N4O/c15-14(16,17)10-5-7(1-2-8(10)6-18)9-3-4-19-12-11(9)20-13(22)21-12/h1-5H,6,18H2,(H2,19,20,21,22). The summed E-state index contributed by atoms with van der Waals surface area (Å²) in [5.41, 5.74) is 5.57. The Kier molecular flexibility index (Phi) is 3.25. The van der Waals surface area contributed by atoms with Gasteiger partial charge >= 0.3 is 11.9 Å². The minimum atomic E-state index is -4.50. The van der Waals surface area contributed by atoms with E-state index in [1.807, 2.05) is 0 Å². The minimum absolute atomic E-state index is 0.0177. The fraction of sp³-hybridized carbons (Fsp3) is 0.143. The lowest BCUT2D eigenvalue weighted by atomic mass is 9.98. The molecule has 5 nitrogen and oxygen atoms in total. The smallest absolute Gasteiger partial charge is 0.326 e. The third-order valence-corrected chi connectivity index (χ3v) is 3.37. The summed E-state index contributed by atoms with van der Waals surface area (Å²) in [7, 11) is 0. The number of nitrogens with zero attached hydrogens (tertiary/aromatic N) is 1. The van der Waals surface area contributed by atoms with Crippen LogP contribution < -0.4 is 11.4 Å². The number of pyridine rings is 1. The van der Waals surface area contributed by atoms with Crippen molar-refractivity contribution in [2.24, 2.45) is 5.73 Å². The van der Waals surface area contributed by atoms with E-state index in [4.69, 9.17) is 5.73 Å². The van der Waals surface area contributed by atoms with Gasteiger partial charge in [-0.25, -0.2) is 9.78 Å². The van der Waals surface area contributed by atoms with Crippen LogP contribution in [0.1, 0.15) is 11.1 Å². The zero-order valence-electron chi connectivity index (χ0n) is 11.2. The van der Waals surface area contributed by atoms with Gasteiger partial charge in [0.15, 0.2) is 5.65 Å². The topological polar surface area (TPSA) is 87.6 Å². The van der Waals surface area contributed by atoms with Crippen molar-refractivity contribution in [2.45, 2.75) is 12.7 Å². The van der Waals surface area contributed by atoms with Crippen LogP contribution in [-0.2, 0) is 12.7 Å². The molecule has 2 aromatic heterocycles. The van der Waals surface area contributed by atoms with Gasteiger partial charge in [0.05, 0.1) is 11.1 Å². The lowest BCUT2D eigenvalue weighted by Gasteiger charge is -2.13. The van der Waals surface area contributed by atoms with Crippen LogP contribution in [0, 0.1) is 0 Å². The quantitative estimate of drug-likeness (QED) is 0.679. The zero-order chi connectivity index (χ0) is 15.9. The predicted octanol–water partition coefficient (Wildman–Crippen LogP) is 2.40. The molecule has 4 N–H and O–H groups in total. The summed E-state index contributed by atoms with van der Waals surface area (Å²) in [6, 6.07) is 5.46. The van der Waals surface area contributed by atoms with Gasteiger partial charge in [-0.1, -0.05) is 12.1 Å². The fourth-order valence-electron chi connectivity index (χ4n) is 2.36. The van der Waals surface area contributed by atoms with Gasteiger partial charge in [-0.05, 0) is 23.3 Å². The lowest BCUT2D eigenvalue weighted by Crippen LogP contribution is -2.12. The SMILES string of the molecule is NCc1ccc(-c2ccnc3[nH]c(=O)[nH]c23)cc1C(F)(F)F. The highest BCUT2D eigenvalue weighted by Gasteiger charge is 2.33. The molecular formula is C14H11F3N4O. The molecule has 0 amide bonds. The van der Waals surface area contributed by atoms with Crippen molar-refractivity contribution in [3.63, 3.8) is 0 Å². The number of hydrogen-bond acceptors (Lipinski definition) is 3. The molecule has 0 atom stereocenters. The van der Waals surface area contributed by atoms with Gasteiger partial charge in [0.2, 0.25) is 0 Å². The summed E-state index contributed by atoms with van der Waals surface area (Å²) < 4.78 is 39.4. The first-order valence-corrected chi connectivity index (χ1v) is 6.37. The average molecular weight is 308 g/mol. The van der Waals surface area contributed by atoms with Crippen LogP contribution in [0.5, 0.6) is 0 Å². The first kappa shape index (κ1) is 14.3. The van der Waals surface area contributed by atoms with Gasteiger partial charge in [-0.3, -0.25) is 4.98 Å². The molecule has 8 heteroatoms. The summed E-state index contributed by atoms with van der Waals surface area (Å²) in [6.45, 7) is -0.206. The molecule has 0 spiro atoms. The molecule has 0 aliphatic heterocycles. The van der Waals surface area contributed by atoms with Crippen LogP contribution in [0.3, 0.4) is 0 Å². The van der Waals surface area contributed by atoms with Crippen molar-refractivity contribution < 1.29 is 13.2 Å². The molecule has 0 aliphatic carbocycles. The third kappa shape index (κ3) is 2.37. The Morgan fingerprint density at radius 2 is 1.95 bits per heavy atom. The van der Waals surface area contributed by atoms with E-state index in [1.165, 1.54) is 18.3 Å². The fourth-order valence-corrected chi connectivity index (χ4v) is 2.36. The number of fused-ring (bicyclic) bond motifs is 1. The van der Waals surface area contributed by atoms with Gasteiger partial charge in [-0.2, -0.15) is 13.2 Å². The molecule has 22 heavy (non-hydrogen) atoms. The molecule has 0 saturated carbocycles. The Labute approximate surface area is 122 Å². The Morgan fingerprint density at radius 1 is 1.18 bits per heavy atom. The van der Waals surface area contributed by atoms with E-state index in [0.717, 1.165) is 6.07 Å². The van der Waals surface area contributed by atoms with Gasteiger partial charge in [0.25, 0.3) is 0 Å². The van der Waals surface area contributed by atoms with Gasteiger partial charge < -0.3 is 10.7 Å². The number of halogens is 3. The summed E-state index contributed by atoms with van der Waals surface area (Å²) in [5, 5.41) is 0. The number of alkyl halides is 3. The molecule has 114 valence electrons. The molecule has 2 heterocycles. The summed E-state index contributed by atoms with van der Waals surface area (Å²) in [6.07, 6.45) is -3.08. The number of nitrogens with two attached hydrogens (primary N) is 1. The van der Waals surface area contributed by atoms with E-state index in [-0.39, 0.29) is 12.1 Å². The number of hydrogen-bond donors (Lipinski definition) is 3. The van der Waals surface area contributed by atoms with Crippen molar-refractivity contribution in [3.8, 4) is 11.1 Å². The van der Waals surface area contributed by atoms with Crippen molar-refractivity contribution in [1.82, 2.24) is 15.0 Å². The summed E-state index contributed by atoms with van der Waals surface area (Å²) in [4.78, 5) is 20.3. The number of aromatic amines is 2. The van der Waals surface area contributed by atoms with Crippen molar-refractivity contribution in [1.29, 1.82) is 0 Å². The monoisotopic (exact) mass is 308 g/mol. The molecule has 0 saturated heterocycles. The lowest BCUT2D eigenvalue weighted by molar-refractivity contribution is -0.138. The maximum atomic E-state index is 13.1. The maximum absolute atomic E-state index is 13.1. The van der Waals surface area contributed by atoms with Crippen molar-refractivity contribution >= 4 is 11.2 Å². The molecule has 3 aromatic rings. The number of imidazole rings is 1. The van der Waals surface area contributed by atoms with E-state index < -0.39 is 17.4 Å². The third-order valence-electron chi connectivity index (χ3n) is 3.37. The van der Waals surface area contributed by atoms with Gasteiger partial charge in [0.1, 0.15) is 0 Å². The van der Waals surface area contributed by atoms with E-state index in [1.54, 1.807) is 6.07 Å². The minimum Gasteiger partial charge on any atom is -0.326 e. The second-order valence-electron chi connectivity index (χ2n) is 4.74. The van der Waals surface area contributed by atoms with E-state index in [2.05, 4.69) is 15.0 Å². The van der Waals surface area contributed by atoms with Crippen LogP contribution in [0.4, 0.5) is 13.2 Å². The summed E-state index contributed by atoms with van der Waals surface area (Å²) in [5.74, 6) is 0. The number of H-pyrrole nitrogens is 2. The van der Waals surface area contributed by atoms with E-state index in [9.17, 15) is 18.0 Å². The Morgan fingerprint density at radius 3 is 2.64 bits per heavy atom. The molecule has 0 aliphatic rings. The second-order valence-corrected chi connectivity index (χ2v) is 4.74. The zero-order valence-corrected chi connectivity index (χ0v) is 11.2. The normalized spacial score (nSPS) is 12.0. The van der Waals surface area contributed by atoms with Crippen LogP contribution in [0.15, 0.2) is 35.3 Å². The maximum Gasteiger partial charge on any atom is 0.416 e. The highest BCUT2D eigenvalue weighted by atomic mass is 19.4. The number of nitrogens with one attached hydrogen (secondary N) is 2. The molecule has 0 radical (unpaired) electrons. The van der Waals surface area contributed by atoms with Crippen LogP contribution >= 0.6 is 0 Å². The Bertz CT molecular complexity index is 895. The van der Waals surface area contributed by atoms with Crippen LogP contribution in [0.2, 0.25) is 0 Å². The van der Waals surface area contributed by atoms with E-state index >= 15 is 0 Å². The first-order valence-electron chi connectivity index (χ1n) is 6.37. The Hall–Kier alpha value is -2.61. The summed E-state index contributed by atoms with van der Waals surface area (Å²) >= 11 is 0. The highest BCUT2D eigenvalue weighted by molar-refractivity contribution is 5.89. The second kappa shape index (κ2) is 4.99. The molecule has 0 fully saturated rings. The largest absolute Gasteiger partial charge is 0.416 e. The van der Waals surface area contributed by atoms with E-state index in [0.29, 0.717) is 22.3 Å². The van der Waals surface area contributed by atoms with Crippen LogP contribution in [-0.4, -0.2) is 15.0 Å². The first-order chi connectivity index (χ1) is 10.4. The molecule has 0 bridgehead atoms. The Balaban J connectivity index is 2.25. The van der Waals surface area contributed by atoms with Crippen LogP contribution in [0.25, 0.3) is 22.3 Å². The number of rotatable bonds is 2. The number of benzene rings is 1. The van der Waals surface area contributed by atoms with Gasteiger partial charge in [0, 0.05) is 18.3 Å².